The van der Waals surface area contributed by atoms with Crippen LogP contribution in [0.5, 0.6) is 5.75 Å². The van der Waals surface area contributed by atoms with Gasteiger partial charge in [-0.15, -0.1) is 0 Å². The summed E-state index contributed by atoms with van der Waals surface area (Å²) in [7, 11) is 1.45. The summed E-state index contributed by atoms with van der Waals surface area (Å²) in [5, 5.41) is 10.2. The Morgan fingerprint density at radius 3 is 2.23 bits per heavy atom. The second kappa shape index (κ2) is 6.26. The maximum atomic E-state index is 14.1. The van der Waals surface area contributed by atoms with Crippen LogP contribution < -0.4 is 4.74 Å². The van der Waals surface area contributed by atoms with Gasteiger partial charge >= 0.3 is 6.18 Å². The van der Waals surface area contributed by atoms with Crippen LogP contribution in [-0.2, 0) is 6.18 Å². The second-order valence-electron chi connectivity index (χ2n) is 4.53. The van der Waals surface area contributed by atoms with Gasteiger partial charge in [0.2, 0.25) is 0 Å². The fourth-order valence-electron chi connectivity index (χ4n) is 1.98. The quantitative estimate of drug-likeness (QED) is 0.784. The molecule has 0 fully saturated rings. The lowest BCUT2D eigenvalue weighted by molar-refractivity contribution is -0.140. The highest BCUT2D eigenvalue weighted by Crippen LogP contribution is 2.37. The number of benzene rings is 2. The van der Waals surface area contributed by atoms with Crippen LogP contribution in [0.3, 0.4) is 0 Å². The molecule has 22 heavy (non-hydrogen) atoms. The zero-order valence-corrected chi connectivity index (χ0v) is 12.9. The van der Waals surface area contributed by atoms with Gasteiger partial charge in [0, 0.05) is 10.0 Å². The lowest BCUT2D eigenvalue weighted by Gasteiger charge is -2.17. The fraction of sp³-hybridized carbons (Fsp3) is 0.200. The van der Waals surface area contributed by atoms with Crippen molar-refractivity contribution >= 4 is 15.9 Å². The molecule has 0 aromatic heterocycles. The van der Waals surface area contributed by atoms with E-state index >= 15 is 0 Å². The van der Waals surface area contributed by atoms with Crippen LogP contribution in [0, 0.1) is 5.82 Å². The third-order valence-corrected chi connectivity index (χ3v) is 3.55. The van der Waals surface area contributed by atoms with Crippen molar-refractivity contribution in [3.8, 4) is 5.75 Å². The minimum Gasteiger partial charge on any atom is -0.497 e. The maximum absolute atomic E-state index is 14.1. The smallest absolute Gasteiger partial charge is 0.419 e. The molecule has 0 bridgehead atoms. The number of aliphatic hydroxyl groups is 1. The Balaban J connectivity index is 2.49. The molecule has 2 aromatic carbocycles. The number of aliphatic hydroxyl groups excluding tert-OH is 1. The molecular weight excluding hydrogens is 368 g/mol. The van der Waals surface area contributed by atoms with Crippen molar-refractivity contribution in [3.05, 3.63) is 63.4 Å². The highest BCUT2D eigenvalue weighted by atomic mass is 79.9. The summed E-state index contributed by atoms with van der Waals surface area (Å²) in [6.07, 6.45) is -6.37. The van der Waals surface area contributed by atoms with Gasteiger partial charge in [0.25, 0.3) is 0 Å². The van der Waals surface area contributed by atoms with Gasteiger partial charge in [0.15, 0.2) is 0 Å². The van der Waals surface area contributed by atoms with E-state index in [2.05, 4.69) is 15.9 Å². The third-order valence-electron chi connectivity index (χ3n) is 3.10. The standard InChI is InChI=1S/C15H11BrF4O2/c1-22-10-4-2-8(3-5-10)14(21)11-6-9(16)7-12(13(11)17)15(18,19)20/h2-7,14,21H,1H3. The molecule has 0 aliphatic rings. The molecule has 1 atom stereocenters. The van der Waals surface area contributed by atoms with Crippen LogP contribution in [0.15, 0.2) is 40.9 Å². The van der Waals surface area contributed by atoms with E-state index < -0.39 is 29.2 Å². The molecule has 118 valence electrons. The molecule has 2 nitrogen and oxygen atoms in total. The van der Waals surface area contributed by atoms with E-state index in [9.17, 15) is 22.7 Å². The molecular formula is C15H11BrF4O2. The number of methoxy groups -OCH3 is 1. The van der Waals surface area contributed by atoms with Crippen molar-refractivity contribution in [2.24, 2.45) is 0 Å². The Kier molecular flexibility index (Phi) is 4.77. The lowest BCUT2D eigenvalue weighted by atomic mass is 9.98. The summed E-state index contributed by atoms with van der Waals surface area (Å²) in [4.78, 5) is 0. The second-order valence-corrected chi connectivity index (χ2v) is 5.45. The van der Waals surface area contributed by atoms with Gasteiger partial charge in [0.1, 0.15) is 17.7 Å². The summed E-state index contributed by atoms with van der Waals surface area (Å²) in [6, 6.07) is 7.73. The fourth-order valence-corrected chi connectivity index (χ4v) is 2.46. The van der Waals surface area contributed by atoms with E-state index in [0.717, 1.165) is 6.07 Å². The van der Waals surface area contributed by atoms with Crippen molar-refractivity contribution in [2.75, 3.05) is 7.11 Å². The number of hydrogen-bond donors (Lipinski definition) is 1. The van der Waals surface area contributed by atoms with Crippen molar-refractivity contribution in [1.82, 2.24) is 0 Å². The molecule has 0 spiro atoms. The largest absolute Gasteiger partial charge is 0.497 e. The van der Waals surface area contributed by atoms with Gasteiger partial charge in [-0.05, 0) is 29.8 Å². The highest BCUT2D eigenvalue weighted by molar-refractivity contribution is 9.10. The zero-order valence-electron chi connectivity index (χ0n) is 11.3. The van der Waals surface area contributed by atoms with E-state index in [4.69, 9.17) is 4.74 Å². The molecule has 0 aliphatic heterocycles. The molecule has 2 rings (SSSR count). The van der Waals surface area contributed by atoms with Gasteiger partial charge < -0.3 is 9.84 Å². The topological polar surface area (TPSA) is 29.5 Å². The van der Waals surface area contributed by atoms with Crippen LogP contribution in [0.4, 0.5) is 17.6 Å². The van der Waals surface area contributed by atoms with Crippen molar-refractivity contribution in [2.45, 2.75) is 12.3 Å². The Morgan fingerprint density at radius 1 is 1.14 bits per heavy atom. The van der Waals surface area contributed by atoms with Crippen LogP contribution in [0.1, 0.15) is 22.8 Å². The van der Waals surface area contributed by atoms with Gasteiger partial charge in [-0.25, -0.2) is 4.39 Å². The van der Waals surface area contributed by atoms with E-state index in [1.165, 1.54) is 31.4 Å². The molecule has 0 radical (unpaired) electrons. The van der Waals surface area contributed by atoms with E-state index in [-0.39, 0.29) is 10.0 Å². The van der Waals surface area contributed by atoms with Crippen LogP contribution >= 0.6 is 15.9 Å². The SMILES string of the molecule is COc1ccc(C(O)c2cc(Br)cc(C(F)(F)F)c2F)cc1. The van der Waals surface area contributed by atoms with Crippen LogP contribution in [0.25, 0.3) is 0 Å². The van der Waals surface area contributed by atoms with E-state index in [1.807, 2.05) is 0 Å². The van der Waals surface area contributed by atoms with Gasteiger partial charge in [0.05, 0.1) is 12.7 Å². The van der Waals surface area contributed by atoms with Crippen molar-refractivity contribution in [1.29, 1.82) is 0 Å². The number of halogens is 5. The normalized spacial score (nSPS) is 13.0. The molecule has 1 N–H and O–H groups in total. The zero-order chi connectivity index (χ0) is 16.5. The van der Waals surface area contributed by atoms with Crippen molar-refractivity contribution in [3.63, 3.8) is 0 Å². The first-order chi connectivity index (χ1) is 10.2. The Labute approximate surface area is 132 Å². The minimum atomic E-state index is -4.84. The first-order valence-electron chi connectivity index (χ1n) is 6.12. The Morgan fingerprint density at radius 2 is 1.73 bits per heavy atom. The summed E-state index contributed by atoms with van der Waals surface area (Å²) in [5.74, 6) is -0.972. The minimum absolute atomic E-state index is 0.0313. The third kappa shape index (κ3) is 3.41. The predicted octanol–water partition coefficient (Wildman–Crippen LogP) is 4.70. The van der Waals surface area contributed by atoms with Gasteiger partial charge in [-0.2, -0.15) is 13.2 Å². The monoisotopic (exact) mass is 378 g/mol. The average Bonchev–Trinajstić information content (AvgIpc) is 2.47. The Hall–Kier alpha value is -1.60. The lowest BCUT2D eigenvalue weighted by Crippen LogP contribution is -2.12. The van der Waals surface area contributed by atoms with Crippen LogP contribution in [-0.4, -0.2) is 12.2 Å². The Bertz CT molecular complexity index is 668. The predicted molar refractivity (Wildman–Crippen MR) is 76.2 cm³/mol. The average molecular weight is 379 g/mol. The highest BCUT2D eigenvalue weighted by Gasteiger charge is 2.36. The summed E-state index contributed by atoms with van der Waals surface area (Å²) < 4.78 is 57.5. The molecule has 0 saturated heterocycles. The first-order valence-corrected chi connectivity index (χ1v) is 6.91. The molecule has 2 aromatic rings. The molecule has 0 amide bonds. The van der Waals surface area contributed by atoms with Gasteiger partial charge in [-0.3, -0.25) is 0 Å². The molecule has 0 aliphatic carbocycles. The number of rotatable bonds is 3. The van der Waals surface area contributed by atoms with Crippen LogP contribution in [0.2, 0.25) is 0 Å². The van der Waals surface area contributed by atoms with Gasteiger partial charge in [-0.1, -0.05) is 28.1 Å². The van der Waals surface area contributed by atoms with Crippen molar-refractivity contribution < 1.29 is 27.4 Å². The summed E-state index contributed by atoms with van der Waals surface area (Å²) in [5.41, 5.74) is -1.62. The summed E-state index contributed by atoms with van der Waals surface area (Å²) >= 11 is 2.91. The summed E-state index contributed by atoms with van der Waals surface area (Å²) in [6.45, 7) is 0. The van der Waals surface area contributed by atoms with E-state index in [0.29, 0.717) is 11.8 Å². The van der Waals surface area contributed by atoms with E-state index in [1.54, 1.807) is 0 Å². The molecule has 0 heterocycles. The molecule has 1 unspecified atom stereocenters. The number of ether oxygens (including phenoxy) is 1. The first kappa shape index (κ1) is 16.8. The molecule has 7 heteroatoms. The molecule has 0 saturated carbocycles. The maximum Gasteiger partial charge on any atom is 0.419 e. The number of alkyl halides is 3. The number of hydrogen-bond acceptors (Lipinski definition) is 2.